The largest absolute Gasteiger partial charge is 0.299 e. The molecule has 0 rings (SSSR count). The first-order valence-electron chi connectivity index (χ1n) is 2.80. The minimum absolute atomic E-state index is 0.119. The molecule has 0 aliphatic heterocycles. The van der Waals surface area contributed by atoms with Gasteiger partial charge in [-0.3, -0.25) is 4.79 Å². The smallest absolute Gasteiger partial charge is 0.142 e. The number of thiol groups is 1. The molecule has 0 aliphatic carbocycles. The predicted octanol–water partition coefficient (Wildman–Crippen LogP) is 1.18. The molecule has 0 saturated carbocycles. The fourth-order valence-corrected chi connectivity index (χ4v) is 0.602. The lowest BCUT2D eigenvalue weighted by Gasteiger charge is -1.89. The molecule has 0 aromatic rings. The normalized spacial score (nSPS) is 8.44. The number of unbranched alkanes of at least 4 members (excludes halogenated alkanes) is 1. The lowest BCUT2D eigenvalue weighted by Crippen LogP contribution is -1.97. The SMILES string of the molecule is N#CCCCC(=O)CS. The van der Waals surface area contributed by atoms with Gasteiger partial charge in [0.25, 0.3) is 0 Å². The van der Waals surface area contributed by atoms with E-state index in [1.165, 1.54) is 0 Å². The maximum Gasteiger partial charge on any atom is 0.142 e. The number of rotatable bonds is 4. The summed E-state index contributed by atoms with van der Waals surface area (Å²) in [5, 5.41) is 8.07. The van der Waals surface area contributed by atoms with Gasteiger partial charge in [-0.2, -0.15) is 17.9 Å². The van der Waals surface area contributed by atoms with Crippen LogP contribution in [0.2, 0.25) is 0 Å². The van der Waals surface area contributed by atoms with E-state index in [9.17, 15) is 4.79 Å². The quantitative estimate of drug-likeness (QED) is 0.474. The van der Waals surface area contributed by atoms with Crippen LogP contribution in [0.3, 0.4) is 0 Å². The van der Waals surface area contributed by atoms with Gasteiger partial charge < -0.3 is 0 Å². The summed E-state index contributed by atoms with van der Waals surface area (Å²) in [6, 6.07) is 1.97. The average molecular weight is 143 g/mol. The molecule has 0 aromatic heterocycles. The van der Waals surface area contributed by atoms with Crippen LogP contribution in [-0.4, -0.2) is 11.5 Å². The predicted molar refractivity (Wildman–Crippen MR) is 38.3 cm³/mol. The molecule has 2 nitrogen and oxygen atoms in total. The third-order valence-corrected chi connectivity index (χ3v) is 1.27. The van der Waals surface area contributed by atoms with Crippen molar-refractivity contribution in [1.82, 2.24) is 0 Å². The highest BCUT2D eigenvalue weighted by Gasteiger charge is 1.95. The summed E-state index contributed by atoms with van der Waals surface area (Å²) in [6.07, 6.45) is 1.65. The van der Waals surface area contributed by atoms with Crippen molar-refractivity contribution >= 4 is 18.4 Å². The number of nitrogens with zero attached hydrogens (tertiary/aromatic N) is 1. The summed E-state index contributed by atoms with van der Waals surface area (Å²) >= 11 is 3.79. The molecule has 0 heterocycles. The van der Waals surface area contributed by atoms with Crippen molar-refractivity contribution in [3.05, 3.63) is 0 Å². The van der Waals surface area contributed by atoms with E-state index in [0.717, 1.165) is 0 Å². The van der Waals surface area contributed by atoms with E-state index >= 15 is 0 Å². The number of ketones is 1. The fraction of sp³-hybridized carbons (Fsp3) is 0.667. The summed E-state index contributed by atoms with van der Waals surface area (Å²) < 4.78 is 0. The molecule has 0 aromatic carbocycles. The van der Waals surface area contributed by atoms with Gasteiger partial charge in [-0.05, 0) is 6.42 Å². The Morgan fingerprint density at radius 1 is 1.67 bits per heavy atom. The van der Waals surface area contributed by atoms with Crippen molar-refractivity contribution in [2.45, 2.75) is 19.3 Å². The number of hydrogen-bond acceptors (Lipinski definition) is 3. The first-order chi connectivity index (χ1) is 4.31. The van der Waals surface area contributed by atoms with Crippen LogP contribution in [-0.2, 0) is 4.79 Å². The van der Waals surface area contributed by atoms with Gasteiger partial charge in [0.2, 0.25) is 0 Å². The molecule has 0 N–H and O–H groups in total. The van der Waals surface area contributed by atoms with Gasteiger partial charge in [-0.1, -0.05) is 0 Å². The van der Waals surface area contributed by atoms with Crippen LogP contribution in [0.1, 0.15) is 19.3 Å². The van der Waals surface area contributed by atoms with E-state index in [4.69, 9.17) is 5.26 Å². The number of carbonyl (C=O) groups excluding carboxylic acids is 1. The first-order valence-corrected chi connectivity index (χ1v) is 3.44. The third kappa shape index (κ3) is 5.38. The molecule has 0 amide bonds. The fourth-order valence-electron chi connectivity index (χ4n) is 0.444. The van der Waals surface area contributed by atoms with Gasteiger partial charge in [0.1, 0.15) is 5.78 Å². The van der Waals surface area contributed by atoms with Crippen LogP contribution in [0.15, 0.2) is 0 Å². The van der Waals surface area contributed by atoms with E-state index in [1.807, 2.05) is 6.07 Å². The Balaban J connectivity index is 3.09. The standard InChI is InChI=1S/C6H9NOS/c7-4-2-1-3-6(8)5-9/h9H,1-3,5H2. The van der Waals surface area contributed by atoms with Crippen LogP contribution >= 0.6 is 12.6 Å². The Bertz CT molecular complexity index is 128. The van der Waals surface area contributed by atoms with Gasteiger partial charge in [-0.15, -0.1) is 0 Å². The van der Waals surface area contributed by atoms with Crippen LogP contribution in [0.4, 0.5) is 0 Å². The molecule has 0 saturated heterocycles. The van der Waals surface area contributed by atoms with Gasteiger partial charge in [-0.25, -0.2) is 0 Å². The zero-order chi connectivity index (χ0) is 7.11. The molecule has 0 fully saturated rings. The zero-order valence-corrected chi connectivity index (χ0v) is 6.03. The van der Waals surface area contributed by atoms with Crippen molar-refractivity contribution in [2.24, 2.45) is 0 Å². The minimum Gasteiger partial charge on any atom is -0.299 e. The van der Waals surface area contributed by atoms with Crippen LogP contribution in [0, 0.1) is 11.3 Å². The molecular weight excluding hydrogens is 134 g/mol. The Morgan fingerprint density at radius 3 is 2.78 bits per heavy atom. The van der Waals surface area contributed by atoms with Crippen molar-refractivity contribution < 1.29 is 4.79 Å². The van der Waals surface area contributed by atoms with Crippen molar-refractivity contribution in [2.75, 3.05) is 5.75 Å². The lowest BCUT2D eigenvalue weighted by molar-refractivity contribution is -0.116. The maximum absolute atomic E-state index is 10.5. The van der Waals surface area contributed by atoms with Gasteiger partial charge in [0.15, 0.2) is 0 Å². The molecule has 0 unspecified atom stereocenters. The highest BCUT2D eigenvalue weighted by Crippen LogP contribution is 1.95. The molecule has 0 spiro atoms. The van der Waals surface area contributed by atoms with E-state index in [2.05, 4.69) is 12.6 Å². The minimum atomic E-state index is 0.119. The average Bonchev–Trinajstić information content (AvgIpc) is 1.89. The Labute approximate surface area is 60.3 Å². The summed E-state index contributed by atoms with van der Waals surface area (Å²) in [4.78, 5) is 10.5. The molecule has 0 aliphatic rings. The molecule has 9 heavy (non-hydrogen) atoms. The van der Waals surface area contributed by atoms with Crippen molar-refractivity contribution in [1.29, 1.82) is 5.26 Å². The highest BCUT2D eigenvalue weighted by atomic mass is 32.1. The monoisotopic (exact) mass is 143 g/mol. The van der Waals surface area contributed by atoms with E-state index in [0.29, 0.717) is 25.0 Å². The second-order valence-corrected chi connectivity index (χ2v) is 2.02. The first kappa shape index (κ1) is 8.51. The summed E-state index contributed by atoms with van der Waals surface area (Å²) in [6.45, 7) is 0. The highest BCUT2D eigenvalue weighted by molar-refractivity contribution is 7.81. The molecule has 3 heteroatoms. The Kier molecular flexibility index (Phi) is 5.34. The number of nitriles is 1. The van der Waals surface area contributed by atoms with E-state index in [-0.39, 0.29) is 5.78 Å². The maximum atomic E-state index is 10.5. The van der Waals surface area contributed by atoms with Crippen LogP contribution in [0.5, 0.6) is 0 Å². The van der Waals surface area contributed by atoms with Gasteiger partial charge >= 0.3 is 0 Å². The second-order valence-electron chi connectivity index (χ2n) is 1.71. The molecular formula is C6H9NOS. The number of Topliss-reactive ketones (excluding diaryl/α,β-unsaturated/α-hetero) is 1. The lowest BCUT2D eigenvalue weighted by atomic mass is 10.2. The molecule has 0 bridgehead atoms. The third-order valence-electron chi connectivity index (χ3n) is 0.921. The summed E-state index contributed by atoms with van der Waals surface area (Å²) in [5.74, 6) is 0.416. The molecule has 0 atom stereocenters. The Hall–Kier alpha value is -0.490. The second kappa shape index (κ2) is 5.64. The number of carbonyl (C=O) groups is 1. The summed E-state index contributed by atoms with van der Waals surface area (Å²) in [5.41, 5.74) is 0. The van der Waals surface area contributed by atoms with Gasteiger partial charge in [0, 0.05) is 18.6 Å². The topological polar surface area (TPSA) is 40.9 Å². The summed E-state index contributed by atoms with van der Waals surface area (Å²) in [7, 11) is 0. The molecule has 50 valence electrons. The number of hydrogen-bond donors (Lipinski definition) is 1. The van der Waals surface area contributed by atoms with E-state index < -0.39 is 0 Å². The van der Waals surface area contributed by atoms with Gasteiger partial charge in [0.05, 0.1) is 6.07 Å². The van der Waals surface area contributed by atoms with Crippen molar-refractivity contribution in [3.63, 3.8) is 0 Å². The zero-order valence-electron chi connectivity index (χ0n) is 5.13. The van der Waals surface area contributed by atoms with Crippen LogP contribution in [0.25, 0.3) is 0 Å². The van der Waals surface area contributed by atoms with Crippen LogP contribution < -0.4 is 0 Å². The Morgan fingerprint density at radius 2 is 2.33 bits per heavy atom. The van der Waals surface area contributed by atoms with Crippen molar-refractivity contribution in [3.8, 4) is 6.07 Å². The van der Waals surface area contributed by atoms with E-state index in [1.54, 1.807) is 0 Å². The molecule has 0 radical (unpaired) electrons.